The quantitative estimate of drug-likeness (QED) is 0.843. The molecule has 1 aliphatic rings. The number of carbonyl (C=O) groups is 1. The Morgan fingerprint density at radius 1 is 1.30 bits per heavy atom. The summed E-state index contributed by atoms with van der Waals surface area (Å²) in [7, 11) is -3.13. The molecule has 2 amide bonds. The van der Waals surface area contributed by atoms with Crippen LogP contribution in [0.15, 0.2) is 24.3 Å². The van der Waals surface area contributed by atoms with E-state index in [2.05, 4.69) is 10.6 Å². The fourth-order valence-electron chi connectivity index (χ4n) is 2.51. The second-order valence-electron chi connectivity index (χ2n) is 5.49. The summed E-state index contributed by atoms with van der Waals surface area (Å²) in [6, 6.07) is 7.07. The van der Waals surface area contributed by atoms with Crippen LogP contribution in [0.25, 0.3) is 0 Å². The van der Waals surface area contributed by atoms with Crippen molar-refractivity contribution in [3.8, 4) is 0 Å². The molecule has 0 bridgehead atoms. The number of halogens is 1. The number of urea groups is 1. The third kappa shape index (κ3) is 5.09. The zero-order valence-electron chi connectivity index (χ0n) is 13.1. The van der Waals surface area contributed by atoms with Crippen LogP contribution in [0.2, 0.25) is 5.02 Å². The second kappa shape index (κ2) is 7.99. The largest absolute Gasteiger partial charge is 0.335 e. The Labute approximate surface area is 142 Å². The summed E-state index contributed by atoms with van der Waals surface area (Å²) in [5.41, 5.74) is 0.855. The van der Waals surface area contributed by atoms with E-state index >= 15 is 0 Å². The smallest absolute Gasteiger partial charge is 0.315 e. The van der Waals surface area contributed by atoms with Gasteiger partial charge >= 0.3 is 6.03 Å². The number of benzene rings is 1. The van der Waals surface area contributed by atoms with Gasteiger partial charge in [0.2, 0.25) is 10.0 Å². The highest BCUT2D eigenvalue weighted by atomic mass is 35.5. The molecule has 2 rings (SSSR count). The predicted octanol–water partition coefficient (Wildman–Crippen LogP) is 1.95. The number of hydrogen-bond donors (Lipinski definition) is 2. The van der Waals surface area contributed by atoms with E-state index in [4.69, 9.17) is 11.6 Å². The van der Waals surface area contributed by atoms with Crippen LogP contribution in [0.3, 0.4) is 0 Å². The van der Waals surface area contributed by atoms with Crippen molar-refractivity contribution in [2.24, 2.45) is 0 Å². The number of nitrogens with one attached hydrogen (secondary N) is 2. The van der Waals surface area contributed by atoms with E-state index in [0.717, 1.165) is 5.56 Å². The standard InChI is InChI=1S/C15H22ClN3O3S/c1-2-23(21,22)19-9-7-13(8-10-19)18-15(20)17-11-12-5-3-4-6-14(12)16/h3-6,13H,2,7-11H2,1H3,(H2,17,18,20). The van der Waals surface area contributed by atoms with E-state index in [1.54, 1.807) is 13.0 Å². The maximum atomic E-state index is 11.9. The topological polar surface area (TPSA) is 78.5 Å². The Bertz CT molecular complexity index is 643. The molecule has 0 atom stereocenters. The minimum atomic E-state index is -3.13. The first-order valence-corrected chi connectivity index (χ1v) is 9.66. The maximum Gasteiger partial charge on any atom is 0.315 e. The maximum absolute atomic E-state index is 11.9. The van der Waals surface area contributed by atoms with Gasteiger partial charge in [0, 0.05) is 30.7 Å². The molecule has 0 saturated carbocycles. The molecule has 23 heavy (non-hydrogen) atoms. The molecule has 2 N–H and O–H groups in total. The minimum absolute atomic E-state index is 0.00967. The minimum Gasteiger partial charge on any atom is -0.335 e. The molecule has 128 valence electrons. The van der Waals surface area contributed by atoms with Crippen molar-refractivity contribution in [2.45, 2.75) is 32.4 Å². The van der Waals surface area contributed by atoms with Crippen molar-refractivity contribution in [2.75, 3.05) is 18.8 Å². The highest BCUT2D eigenvalue weighted by molar-refractivity contribution is 7.89. The van der Waals surface area contributed by atoms with Gasteiger partial charge in [0.25, 0.3) is 0 Å². The highest BCUT2D eigenvalue weighted by Crippen LogP contribution is 2.15. The molecule has 6 nitrogen and oxygen atoms in total. The summed E-state index contributed by atoms with van der Waals surface area (Å²) in [6.07, 6.45) is 1.25. The van der Waals surface area contributed by atoms with Crippen LogP contribution in [0.1, 0.15) is 25.3 Å². The molecule has 1 saturated heterocycles. The van der Waals surface area contributed by atoms with E-state index in [9.17, 15) is 13.2 Å². The third-order valence-electron chi connectivity index (χ3n) is 3.94. The zero-order valence-corrected chi connectivity index (χ0v) is 14.7. The van der Waals surface area contributed by atoms with Gasteiger partial charge in [0.05, 0.1) is 5.75 Å². The summed E-state index contributed by atoms with van der Waals surface area (Å²) in [4.78, 5) is 11.9. The average molecular weight is 360 g/mol. The first-order valence-electron chi connectivity index (χ1n) is 7.68. The van der Waals surface area contributed by atoms with Crippen molar-refractivity contribution in [1.29, 1.82) is 0 Å². The average Bonchev–Trinajstić information content (AvgIpc) is 2.54. The van der Waals surface area contributed by atoms with Crippen molar-refractivity contribution in [3.05, 3.63) is 34.9 Å². The number of rotatable bonds is 5. The lowest BCUT2D eigenvalue weighted by atomic mass is 10.1. The van der Waals surface area contributed by atoms with Crippen molar-refractivity contribution in [1.82, 2.24) is 14.9 Å². The normalized spacial score (nSPS) is 17.0. The van der Waals surface area contributed by atoms with Crippen molar-refractivity contribution >= 4 is 27.7 Å². The van der Waals surface area contributed by atoms with E-state index in [1.807, 2.05) is 18.2 Å². The van der Waals surface area contributed by atoms with E-state index in [-0.39, 0.29) is 17.8 Å². The monoisotopic (exact) mass is 359 g/mol. The SMILES string of the molecule is CCS(=O)(=O)N1CCC(NC(=O)NCc2ccccc2Cl)CC1. The molecule has 1 aliphatic heterocycles. The number of amides is 2. The van der Waals surface area contributed by atoms with Gasteiger partial charge in [-0.1, -0.05) is 29.8 Å². The van der Waals surface area contributed by atoms with Crippen LogP contribution in [-0.4, -0.2) is 43.6 Å². The van der Waals surface area contributed by atoms with E-state index in [1.165, 1.54) is 4.31 Å². The Morgan fingerprint density at radius 2 is 1.96 bits per heavy atom. The molecular weight excluding hydrogens is 338 g/mol. The molecule has 0 aromatic heterocycles. The van der Waals surface area contributed by atoms with Crippen molar-refractivity contribution < 1.29 is 13.2 Å². The summed E-state index contributed by atoms with van der Waals surface area (Å²) in [5.74, 6) is 0.115. The Hall–Kier alpha value is -1.31. The van der Waals surface area contributed by atoms with E-state index in [0.29, 0.717) is 37.5 Å². The molecule has 0 radical (unpaired) electrons. The van der Waals surface area contributed by atoms with Gasteiger partial charge in [-0.05, 0) is 31.4 Å². The number of nitrogens with zero attached hydrogens (tertiary/aromatic N) is 1. The molecule has 1 heterocycles. The molecule has 0 aliphatic carbocycles. The molecule has 1 fully saturated rings. The summed E-state index contributed by atoms with van der Waals surface area (Å²) >= 11 is 6.04. The van der Waals surface area contributed by atoms with Gasteiger partial charge < -0.3 is 10.6 Å². The van der Waals surface area contributed by atoms with Crippen LogP contribution in [0.4, 0.5) is 4.79 Å². The Kier molecular flexibility index (Phi) is 6.26. The number of sulfonamides is 1. The lowest BCUT2D eigenvalue weighted by Gasteiger charge is -2.31. The van der Waals surface area contributed by atoms with Gasteiger partial charge in [-0.25, -0.2) is 17.5 Å². The first-order chi connectivity index (χ1) is 10.9. The molecule has 1 aromatic rings. The zero-order chi connectivity index (χ0) is 16.9. The first kappa shape index (κ1) is 18.0. The van der Waals surface area contributed by atoms with Crippen LogP contribution < -0.4 is 10.6 Å². The molecule has 8 heteroatoms. The molecular formula is C15H22ClN3O3S. The summed E-state index contributed by atoms with van der Waals surface area (Å²) < 4.78 is 25.1. The molecule has 0 spiro atoms. The fourth-order valence-corrected chi connectivity index (χ4v) is 3.85. The predicted molar refractivity (Wildman–Crippen MR) is 90.9 cm³/mol. The van der Waals surface area contributed by atoms with Crippen LogP contribution >= 0.6 is 11.6 Å². The van der Waals surface area contributed by atoms with E-state index < -0.39 is 10.0 Å². The number of piperidine rings is 1. The van der Waals surface area contributed by atoms with Gasteiger partial charge in [-0.3, -0.25) is 0 Å². The van der Waals surface area contributed by atoms with Crippen molar-refractivity contribution in [3.63, 3.8) is 0 Å². The molecule has 1 aromatic carbocycles. The second-order valence-corrected chi connectivity index (χ2v) is 8.16. The number of hydrogen-bond acceptors (Lipinski definition) is 3. The van der Waals surface area contributed by atoms with Crippen LogP contribution in [0, 0.1) is 0 Å². The van der Waals surface area contributed by atoms with Gasteiger partial charge in [0.15, 0.2) is 0 Å². The number of carbonyl (C=O) groups excluding carboxylic acids is 1. The Morgan fingerprint density at radius 3 is 2.57 bits per heavy atom. The summed E-state index contributed by atoms with van der Waals surface area (Å²) in [5, 5.41) is 6.27. The van der Waals surface area contributed by atoms with Gasteiger partial charge in [0.1, 0.15) is 0 Å². The summed E-state index contributed by atoms with van der Waals surface area (Å²) in [6.45, 7) is 2.90. The fraction of sp³-hybridized carbons (Fsp3) is 0.533. The lowest BCUT2D eigenvalue weighted by Crippen LogP contribution is -2.49. The highest BCUT2D eigenvalue weighted by Gasteiger charge is 2.27. The third-order valence-corrected chi connectivity index (χ3v) is 6.19. The van der Waals surface area contributed by atoms with Gasteiger partial charge in [-0.15, -0.1) is 0 Å². The lowest BCUT2D eigenvalue weighted by molar-refractivity contribution is 0.227. The van der Waals surface area contributed by atoms with Crippen LogP contribution in [0.5, 0.6) is 0 Å². The Balaban J connectivity index is 1.76. The molecule has 0 unspecified atom stereocenters. The van der Waals surface area contributed by atoms with Gasteiger partial charge in [-0.2, -0.15) is 0 Å². The van der Waals surface area contributed by atoms with Crippen LogP contribution in [-0.2, 0) is 16.6 Å².